The third-order valence-electron chi connectivity index (χ3n) is 5.25. The summed E-state index contributed by atoms with van der Waals surface area (Å²) in [5, 5.41) is 6.24. The molecule has 1 atom stereocenters. The number of carbonyl (C=O) groups excluding carboxylic acids is 3. The standard InChI is InChI=1S/C25H31ClN4O4/c1-17-14-29(22(31)16-30(17)24(33)34-25(2,3)4)15-19-7-11-21(12-8-19)28-23(32)27-13-18-5-9-20(26)10-6-18/h5-12,17H,13-16H2,1-4H3,(H2,27,28,32). The summed E-state index contributed by atoms with van der Waals surface area (Å²) >= 11 is 5.87. The van der Waals surface area contributed by atoms with Gasteiger partial charge in [-0.25, -0.2) is 9.59 Å². The molecule has 1 saturated heterocycles. The molecule has 0 saturated carbocycles. The molecule has 9 heteroatoms. The number of nitrogens with zero attached hydrogens (tertiary/aromatic N) is 2. The average Bonchev–Trinajstić information content (AvgIpc) is 2.75. The Hall–Kier alpha value is -3.26. The number of nitrogens with one attached hydrogen (secondary N) is 2. The Morgan fingerprint density at radius 2 is 1.68 bits per heavy atom. The number of rotatable bonds is 5. The van der Waals surface area contributed by atoms with Gasteiger partial charge in [0.05, 0.1) is 6.04 Å². The van der Waals surface area contributed by atoms with Crippen molar-refractivity contribution in [3.63, 3.8) is 0 Å². The van der Waals surface area contributed by atoms with E-state index in [1.807, 2.05) is 31.2 Å². The number of halogens is 1. The van der Waals surface area contributed by atoms with Crippen LogP contribution in [0.15, 0.2) is 48.5 Å². The fourth-order valence-electron chi connectivity index (χ4n) is 3.51. The molecule has 3 rings (SSSR count). The Bertz CT molecular complexity index is 1020. The van der Waals surface area contributed by atoms with Gasteiger partial charge in [0, 0.05) is 30.3 Å². The van der Waals surface area contributed by atoms with Gasteiger partial charge in [-0.1, -0.05) is 35.9 Å². The van der Waals surface area contributed by atoms with E-state index in [0.29, 0.717) is 30.3 Å². The highest BCUT2D eigenvalue weighted by molar-refractivity contribution is 6.30. The Labute approximate surface area is 205 Å². The van der Waals surface area contributed by atoms with E-state index in [9.17, 15) is 14.4 Å². The molecule has 4 amide bonds. The second-order valence-corrected chi connectivity index (χ2v) is 9.80. The molecule has 0 bridgehead atoms. The van der Waals surface area contributed by atoms with E-state index in [1.165, 1.54) is 4.90 Å². The highest BCUT2D eigenvalue weighted by Crippen LogP contribution is 2.19. The SMILES string of the molecule is CC1CN(Cc2ccc(NC(=O)NCc3ccc(Cl)cc3)cc2)C(=O)CN1C(=O)OC(C)(C)C. The number of urea groups is 1. The Morgan fingerprint density at radius 1 is 1.06 bits per heavy atom. The maximum absolute atomic E-state index is 12.6. The fraction of sp³-hybridized carbons (Fsp3) is 0.400. The molecule has 0 spiro atoms. The Kier molecular flexibility index (Phi) is 8.04. The molecule has 0 aliphatic carbocycles. The minimum absolute atomic E-state index is 0.0104. The largest absolute Gasteiger partial charge is 0.444 e. The molecule has 8 nitrogen and oxygen atoms in total. The van der Waals surface area contributed by atoms with Crippen LogP contribution >= 0.6 is 11.6 Å². The molecular formula is C25H31ClN4O4. The van der Waals surface area contributed by atoms with Crippen molar-refractivity contribution >= 4 is 35.3 Å². The van der Waals surface area contributed by atoms with Crippen LogP contribution in [0.25, 0.3) is 0 Å². The topological polar surface area (TPSA) is 91.0 Å². The molecule has 2 aromatic carbocycles. The second-order valence-electron chi connectivity index (χ2n) is 9.36. The summed E-state index contributed by atoms with van der Waals surface area (Å²) in [5.74, 6) is -0.132. The summed E-state index contributed by atoms with van der Waals surface area (Å²) in [6, 6.07) is 14.1. The van der Waals surface area contributed by atoms with Gasteiger partial charge < -0.3 is 20.3 Å². The molecule has 1 aliphatic rings. The lowest BCUT2D eigenvalue weighted by Crippen LogP contribution is -2.57. The molecule has 182 valence electrons. The van der Waals surface area contributed by atoms with Gasteiger partial charge in [0.1, 0.15) is 12.1 Å². The lowest BCUT2D eigenvalue weighted by atomic mass is 10.1. The lowest BCUT2D eigenvalue weighted by Gasteiger charge is -2.39. The zero-order valence-corrected chi connectivity index (χ0v) is 20.7. The molecule has 1 aliphatic heterocycles. The molecule has 0 radical (unpaired) electrons. The van der Waals surface area contributed by atoms with Crippen molar-refractivity contribution in [2.45, 2.75) is 52.4 Å². The van der Waals surface area contributed by atoms with Crippen LogP contribution in [0.3, 0.4) is 0 Å². The van der Waals surface area contributed by atoms with Crippen molar-refractivity contribution in [2.75, 3.05) is 18.4 Å². The van der Waals surface area contributed by atoms with Crippen molar-refractivity contribution in [1.29, 1.82) is 0 Å². The number of hydrogen-bond donors (Lipinski definition) is 2. The molecule has 1 unspecified atom stereocenters. The molecule has 0 aromatic heterocycles. The predicted molar refractivity (Wildman–Crippen MR) is 132 cm³/mol. The van der Waals surface area contributed by atoms with E-state index >= 15 is 0 Å². The fourth-order valence-corrected chi connectivity index (χ4v) is 3.64. The quantitative estimate of drug-likeness (QED) is 0.644. The average molecular weight is 487 g/mol. The molecule has 34 heavy (non-hydrogen) atoms. The monoisotopic (exact) mass is 486 g/mol. The first-order valence-corrected chi connectivity index (χ1v) is 11.5. The number of hydrogen-bond acceptors (Lipinski definition) is 4. The zero-order valence-electron chi connectivity index (χ0n) is 19.9. The van der Waals surface area contributed by atoms with E-state index in [1.54, 1.807) is 49.9 Å². The zero-order chi connectivity index (χ0) is 24.9. The van der Waals surface area contributed by atoms with Crippen LogP contribution in [-0.2, 0) is 22.6 Å². The summed E-state index contributed by atoms with van der Waals surface area (Å²) < 4.78 is 5.41. The smallest absolute Gasteiger partial charge is 0.411 e. The number of piperazine rings is 1. The van der Waals surface area contributed by atoms with Crippen molar-refractivity contribution in [3.8, 4) is 0 Å². The van der Waals surface area contributed by atoms with Crippen LogP contribution in [0, 0.1) is 0 Å². The van der Waals surface area contributed by atoms with Gasteiger partial charge in [0.25, 0.3) is 0 Å². The van der Waals surface area contributed by atoms with Gasteiger partial charge in [0.15, 0.2) is 0 Å². The second kappa shape index (κ2) is 10.8. The molecule has 2 aromatic rings. The normalized spacial score (nSPS) is 16.3. The van der Waals surface area contributed by atoms with Crippen LogP contribution in [0.5, 0.6) is 0 Å². The predicted octanol–water partition coefficient (Wildman–Crippen LogP) is 4.63. The van der Waals surface area contributed by atoms with Gasteiger partial charge in [-0.15, -0.1) is 0 Å². The number of ether oxygens (including phenoxy) is 1. The summed E-state index contributed by atoms with van der Waals surface area (Å²) in [4.78, 5) is 40.4. The summed E-state index contributed by atoms with van der Waals surface area (Å²) in [6.07, 6.45) is -0.474. The van der Waals surface area contributed by atoms with Gasteiger partial charge in [-0.3, -0.25) is 9.69 Å². The van der Waals surface area contributed by atoms with Crippen LogP contribution in [0.2, 0.25) is 5.02 Å². The highest BCUT2D eigenvalue weighted by Gasteiger charge is 2.34. The van der Waals surface area contributed by atoms with Crippen LogP contribution in [0.4, 0.5) is 15.3 Å². The Balaban J connectivity index is 1.49. The van der Waals surface area contributed by atoms with Gasteiger partial charge >= 0.3 is 12.1 Å². The molecule has 2 N–H and O–H groups in total. The van der Waals surface area contributed by atoms with Gasteiger partial charge in [0.2, 0.25) is 5.91 Å². The van der Waals surface area contributed by atoms with Gasteiger partial charge in [-0.05, 0) is 63.1 Å². The first-order valence-electron chi connectivity index (χ1n) is 11.2. The van der Waals surface area contributed by atoms with Crippen LogP contribution in [0.1, 0.15) is 38.8 Å². The third kappa shape index (κ3) is 7.38. The number of benzene rings is 2. The number of anilines is 1. The summed E-state index contributed by atoms with van der Waals surface area (Å²) in [5.41, 5.74) is 1.91. The van der Waals surface area contributed by atoms with E-state index in [4.69, 9.17) is 16.3 Å². The van der Waals surface area contributed by atoms with Crippen LogP contribution < -0.4 is 10.6 Å². The highest BCUT2D eigenvalue weighted by atomic mass is 35.5. The first-order chi connectivity index (χ1) is 16.0. The van der Waals surface area contributed by atoms with E-state index in [2.05, 4.69) is 10.6 Å². The van der Waals surface area contributed by atoms with Crippen molar-refractivity contribution in [3.05, 3.63) is 64.7 Å². The number of amides is 4. The summed E-state index contributed by atoms with van der Waals surface area (Å²) in [7, 11) is 0. The number of carbonyl (C=O) groups is 3. The van der Waals surface area contributed by atoms with Gasteiger partial charge in [-0.2, -0.15) is 0 Å². The molecule has 1 fully saturated rings. The summed E-state index contributed by atoms with van der Waals surface area (Å²) in [6.45, 7) is 8.53. The van der Waals surface area contributed by atoms with Crippen molar-refractivity contribution in [2.24, 2.45) is 0 Å². The molecule has 1 heterocycles. The first kappa shape index (κ1) is 25.4. The lowest BCUT2D eigenvalue weighted by molar-refractivity contribution is -0.138. The van der Waals surface area contributed by atoms with E-state index in [-0.39, 0.29) is 24.5 Å². The Morgan fingerprint density at radius 3 is 2.29 bits per heavy atom. The minimum atomic E-state index is -0.612. The molecular weight excluding hydrogens is 456 g/mol. The van der Waals surface area contributed by atoms with Crippen molar-refractivity contribution < 1.29 is 19.1 Å². The van der Waals surface area contributed by atoms with E-state index in [0.717, 1.165) is 11.1 Å². The van der Waals surface area contributed by atoms with Crippen molar-refractivity contribution in [1.82, 2.24) is 15.1 Å². The van der Waals surface area contributed by atoms with E-state index < -0.39 is 11.7 Å². The maximum atomic E-state index is 12.6. The third-order valence-corrected chi connectivity index (χ3v) is 5.51. The van der Waals surface area contributed by atoms with Crippen LogP contribution in [-0.4, -0.2) is 52.6 Å². The maximum Gasteiger partial charge on any atom is 0.411 e. The minimum Gasteiger partial charge on any atom is -0.444 e.